The number of benzene rings is 1. The van der Waals surface area contributed by atoms with Crippen molar-refractivity contribution >= 4 is 39.0 Å². The van der Waals surface area contributed by atoms with Gasteiger partial charge in [-0.15, -0.1) is 11.3 Å². The number of nitrogens with zero attached hydrogens (tertiary/aromatic N) is 3. The average molecular weight is 623 g/mol. The molecule has 2 heterocycles. The molecule has 44 heavy (non-hydrogen) atoms. The highest BCUT2D eigenvalue weighted by molar-refractivity contribution is 7.18. The number of nitrogens with one attached hydrogen (secondary N) is 1. The van der Waals surface area contributed by atoms with Crippen molar-refractivity contribution in [2.24, 2.45) is 11.8 Å². The Morgan fingerprint density at radius 2 is 1.82 bits per heavy atom. The van der Waals surface area contributed by atoms with Gasteiger partial charge in [-0.05, 0) is 68.3 Å². The van der Waals surface area contributed by atoms with Crippen molar-refractivity contribution in [3.05, 3.63) is 40.4 Å². The molecule has 1 aliphatic heterocycles. The Morgan fingerprint density at radius 3 is 2.50 bits per heavy atom. The summed E-state index contributed by atoms with van der Waals surface area (Å²) in [7, 11) is 2.15. The minimum Gasteiger partial charge on any atom is -0.353 e. The van der Waals surface area contributed by atoms with Crippen molar-refractivity contribution in [3.8, 4) is 0 Å². The molecule has 0 unspecified atom stereocenters. The predicted octanol–water partition coefficient (Wildman–Crippen LogP) is 6.56. The third-order valence-electron chi connectivity index (χ3n) is 9.70. The number of fused-ring (bicyclic) bond motifs is 1. The molecule has 0 radical (unpaired) electrons. The lowest BCUT2D eigenvalue weighted by Crippen LogP contribution is -2.45. The molecule has 7 nitrogen and oxygen atoms in total. The second kappa shape index (κ2) is 16.8. The highest BCUT2D eigenvalue weighted by Gasteiger charge is 2.30. The fourth-order valence-electron chi connectivity index (χ4n) is 6.48. The number of amides is 1. The van der Waals surface area contributed by atoms with Crippen LogP contribution in [0.1, 0.15) is 102 Å². The molecule has 0 bridgehead atoms. The second-order valence-electron chi connectivity index (χ2n) is 13.5. The zero-order chi connectivity index (χ0) is 31.6. The van der Waals surface area contributed by atoms with Crippen LogP contribution in [0.5, 0.6) is 0 Å². The Bertz CT molecular complexity index is 1290. The topological polar surface area (TPSA) is 82.6 Å². The van der Waals surface area contributed by atoms with Gasteiger partial charge < -0.3 is 10.2 Å². The van der Waals surface area contributed by atoms with Gasteiger partial charge in [-0.2, -0.15) is 0 Å². The van der Waals surface area contributed by atoms with E-state index in [-0.39, 0.29) is 29.9 Å². The largest absolute Gasteiger partial charge is 0.353 e. The molecular formula is C36H54N4O3S. The number of thiazole rings is 1. The van der Waals surface area contributed by atoms with Crippen LogP contribution in [0.2, 0.25) is 0 Å². The quantitative estimate of drug-likeness (QED) is 0.227. The van der Waals surface area contributed by atoms with Crippen molar-refractivity contribution in [2.45, 2.75) is 104 Å². The number of Topliss-reactive ketones (excluding diaryl/α,β-unsaturated/α-hetero) is 2. The third kappa shape index (κ3) is 10.0. The molecule has 1 N–H and O–H groups in total. The van der Waals surface area contributed by atoms with Crippen LogP contribution in [0.25, 0.3) is 10.2 Å². The van der Waals surface area contributed by atoms with E-state index in [1.54, 1.807) is 11.3 Å². The summed E-state index contributed by atoms with van der Waals surface area (Å²) in [6, 6.07) is 6.33. The summed E-state index contributed by atoms with van der Waals surface area (Å²) in [5.74, 6) is 0.542. The van der Waals surface area contributed by atoms with E-state index in [1.165, 1.54) is 12.0 Å². The molecule has 1 aromatic heterocycles. The number of aromatic nitrogens is 1. The highest BCUT2D eigenvalue weighted by Crippen LogP contribution is 2.31. The monoisotopic (exact) mass is 622 g/mol. The maximum atomic E-state index is 13.9. The third-order valence-corrected chi connectivity index (χ3v) is 10.7. The summed E-state index contributed by atoms with van der Waals surface area (Å²) in [6.45, 7) is 13.2. The summed E-state index contributed by atoms with van der Waals surface area (Å²) in [5.41, 5.74) is 3.04. The zero-order valence-electron chi connectivity index (χ0n) is 27.7. The Hall–Kier alpha value is -2.42. The zero-order valence-corrected chi connectivity index (χ0v) is 28.5. The molecule has 1 saturated heterocycles. The van der Waals surface area contributed by atoms with E-state index in [1.807, 2.05) is 13.8 Å². The Kier molecular flexibility index (Phi) is 13.1. The van der Waals surface area contributed by atoms with Gasteiger partial charge in [0.05, 0.1) is 21.1 Å². The van der Waals surface area contributed by atoms with Gasteiger partial charge >= 0.3 is 0 Å². The lowest BCUT2D eigenvalue weighted by Gasteiger charge is -2.32. The molecule has 2 aromatic rings. The highest BCUT2D eigenvalue weighted by atomic mass is 32.1. The van der Waals surface area contributed by atoms with E-state index in [9.17, 15) is 14.4 Å². The normalized spacial score (nSPS) is 18.9. The summed E-state index contributed by atoms with van der Waals surface area (Å²) in [5, 5.41) is 4.28. The summed E-state index contributed by atoms with van der Waals surface area (Å²) < 4.78 is 1.13. The SMILES string of the molecule is CCC(=O)C[C@@H](Cc1nc2ccc(C(C)C)cc2s1)C(=O)N[C@H](CCC(=O)/C(C)=C/CN1CCN(C)CC1)C1CCCCC1. The number of piperazine rings is 1. The maximum absolute atomic E-state index is 13.9. The van der Waals surface area contributed by atoms with Crippen molar-refractivity contribution in [3.63, 3.8) is 0 Å². The van der Waals surface area contributed by atoms with Crippen LogP contribution in [-0.4, -0.2) is 78.1 Å². The predicted molar refractivity (Wildman–Crippen MR) is 181 cm³/mol. The first-order chi connectivity index (χ1) is 21.1. The maximum Gasteiger partial charge on any atom is 0.224 e. The molecule has 8 heteroatoms. The summed E-state index contributed by atoms with van der Waals surface area (Å²) in [4.78, 5) is 49.3. The van der Waals surface area contributed by atoms with Gasteiger partial charge in [-0.25, -0.2) is 4.98 Å². The Labute approximate surface area is 268 Å². The molecule has 1 aromatic carbocycles. The smallest absolute Gasteiger partial charge is 0.224 e. The molecule has 1 aliphatic carbocycles. The van der Waals surface area contributed by atoms with Crippen molar-refractivity contribution in [2.75, 3.05) is 39.8 Å². The van der Waals surface area contributed by atoms with Crippen LogP contribution in [0, 0.1) is 11.8 Å². The van der Waals surface area contributed by atoms with Gasteiger partial charge in [-0.3, -0.25) is 19.3 Å². The molecule has 1 saturated carbocycles. The van der Waals surface area contributed by atoms with Crippen LogP contribution < -0.4 is 5.32 Å². The van der Waals surface area contributed by atoms with Crippen molar-refractivity contribution < 1.29 is 14.4 Å². The van der Waals surface area contributed by atoms with E-state index in [4.69, 9.17) is 4.98 Å². The van der Waals surface area contributed by atoms with E-state index in [2.05, 4.69) is 60.3 Å². The minimum absolute atomic E-state index is 0.0552. The lowest BCUT2D eigenvalue weighted by atomic mass is 9.81. The average Bonchev–Trinajstić information content (AvgIpc) is 3.44. The number of likely N-dealkylation sites (N-methyl/N-ethyl adjacent to an activating group) is 1. The van der Waals surface area contributed by atoms with Crippen LogP contribution in [-0.2, 0) is 20.8 Å². The van der Waals surface area contributed by atoms with Gasteiger partial charge in [0.25, 0.3) is 0 Å². The first kappa shape index (κ1) is 34.5. The van der Waals surface area contributed by atoms with Gasteiger partial charge in [0, 0.05) is 64.4 Å². The standard InChI is InChI=1S/C36H54N4O3S/c1-6-30(41)22-29(24-35-37-32-13-12-28(25(2)3)23-34(32)44-35)36(43)38-31(27-10-8-7-9-11-27)14-15-33(42)26(4)16-17-40-20-18-39(5)19-21-40/h12-13,16,23,25,27,29,31H,6-11,14-15,17-22,24H2,1-5H3,(H,38,43)/b26-16+/t29-,31+/m0/s1. The van der Waals surface area contributed by atoms with Gasteiger partial charge in [0.1, 0.15) is 5.78 Å². The fraction of sp³-hybridized carbons (Fsp3) is 0.667. The van der Waals surface area contributed by atoms with Crippen LogP contribution in [0.15, 0.2) is 29.8 Å². The number of carbonyl (C=O) groups excluding carboxylic acids is 3. The first-order valence-electron chi connectivity index (χ1n) is 16.9. The number of hydrogen-bond acceptors (Lipinski definition) is 7. The van der Waals surface area contributed by atoms with E-state index in [0.717, 1.165) is 79.2 Å². The number of ketones is 2. The number of rotatable bonds is 15. The van der Waals surface area contributed by atoms with E-state index in [0.29, 0.717) is 37.5 Å². The molecule has 2 atom stereocenters. The Balaban J connectivity index is 1.43. The molecule has 2 fully saturated rings. The molecule has 242 valence electrons. The number of allylic oxidation sites excluding steroid dienone is 1. The van der Waals surface area contributed by atoms with Crippen LogP contribution >= 0.6 is 11.3 Å². The molecule has 2 aliphatic rings. The van der Waals surface area contributed by atoms with Gasteiger partial charge in [0.15, 0.2) is 5.78 Å². The van der Waals surface area contributed by atoms with Crippen molar-refractivity contribution in [1.29, 1.82) is 0 Å². The van der Waals surface area contributed by atoms with Crippen LogP contribution in [0.3, 0.4) is 0 Å². The van der Waals surface area contributed by atoms with Crippen LogP contribution in [0.4, 0.5) is 0 Å². The van der Waals surface area contributed by atoms with E-state index < -0.39 is 5.92 Å². The Morgan fingerprint density at radius 1 is 1.09 bits per heavy atom. The number of carbonyl (C=O) groups is 3. The molecule has 4 rings (SSSR count). The number of hydrogen-bond donors (Lipinski definition) is 1. The van der Waals surface area contributed by atoms with E-state index >= 15 is 0 Å². The molecule has 1 amide bonds. The molecular weight excluding hydrogens is 568 g/mol. The second-order valence-corrected chi connectivity index (χ2v) is 14.6. The van der Waals surface area contributed by atoms with Gasteiger partial charge in [-0.1, -0.05) is 52.2 Å². The fourth-order valence-corrected chi connectivity index (χ4v) is 7.58. The van der Waals surface area contributed by atoms with Crippen molar-refractivity contribution in [1.82, 2.24) is 20.1 Å². The lowest BCUT2D eigenvalue weighted by molar-refractivity contribution is -0.130. The molecule has 0 spiro atoms. The minimum atomic E-state index is -0.459. The summed E-state index contributed by atoms with van der Waals surface area (Å²) in [6.07, 6.45) is 9.96. The van der Waals surface area contributed by atoms with Gasteiger partial charge in [0.2, 0.25) is 5.91 Å². The summed E-state index contributed by atoms with van der Waals surface area (Å²) >= 11 is 1.63. The first-order valence-corrected chi connectivity index (χ1v) is 17.8.